The lowest BCUT2D eigenvalue weighted by Gasteiger charge is -2.32. The van der Waals surface area contributed by atoms with Gasteiger partial charge in [-0.25, -0.2) is 4.39 Å². The molecular weight excluding hydrogens is 1230 g/mol. The summed E-state index contributed by atoms with van der Waals surface area (Å²) >= 11 is 6.80. The molecule has 0 spiro atoms. The summed E-state index contributed by atoms with van der Waals surface area (Å²) in [4.78, 5) is 62.3. The number of methoxy groups -OCH3 is 2. The van der Waals surface area contributed by atoms with Crippen LogP contribution in [-0.2, 0) is 52.9 Å². The number of halogens is 2. The number of unbranched alkanes of at least 4 members (excludes halogenated alkanes) is 1. The van der Waals surface area contributed by atoms with Gasteiger partial charge in [0.2, 0.25) is 11.8 Å². The standard InChI is InChI=1S/C25H34ClNO.C24H31N3O4.C14H13F.C4H10O2.C4H8O2.2C3H8.2C2H6/c1-7-10-12-19-20-13-14-21(26)24(23(17(4)5)18(6)11-8-2)25(20)27(15-9-3)22(19)16-28;1-3-12-26(13-4-2)22(29)15-31-20-7-5-6-17-18(20)14-27(23(17)16-8-9-16)19-10-11-21(28)25-24(19)30;15-12-7-8-14-11(9-12)5-2-6-13(14)10-3-1-4-10;1-4(5-2)6-3;1-4(2)6-3-5;2*1-3-2;2*1-2/h11,13-14,16H,7-10,12,15H2,1-6H3;5-7,19H,3-4,8-15H2,1-2H3,(H,25,28,30);2,5-10H,1,3-4H2;4H,1-3H3;3-4H,1-2H3;2*3H2,1-2H3;2*1-2H3/b18-11-;;;;;;;;. The molecule has 1 aromatic heterocycles. The maximum Gasteiger partial charge on any atom is 0.293 e. The third kappa shape index (κ3) is 27.0. The Labute approximate surface area is 584 Å². The fourth-order valence-corrected chi connectivity index (χ4v) is 11.6. The molecule has 1 N–H and O–H groups in total. The van der Waals surface area contributed by atoms with Crippen molar-refractivity contribution in [2.24, 2.45) is 0 Å². The fourth-order valence-electron chi connectivity index (χ4n) is 11.3. The van der Waals surface area contributed by atoms with Gasteiger partial charge in [0.1, 0.15) is 17.6 Å². The lowest BCUT2D eigenvalue weighted by Crippen LogP contribution is -2.50. The fraction of sp³-hybridized carbons (Fsp3) is 0.568. The van der Waals surface area contributed by atoms with Gasteiger partial charge in [0.25, 0.3) is 12.4 Å². The van der Waals surface area contributed by atoms with E-state index in [9.17, 15) is 28.4 Å². The molecule has 2 aliphatic carbocycles. The molecule has 0 bridgehead atoms. The van der Waals surface area contributed by atoms with Gasteiger partial charge in [0.15, 0.2) is 19.2 Å². The number of nitrogens with one attached hydrogen (secondary N) is 1. The minimum atomic E-state index is -0.354. The first kappa shape index (κ1) is 87.4. The summed E-state index contributed by atoms with van der Waals surface area (Å²) in [6.45, 7) is 42.3. The van der Waals surface area contributed by atoms with Crippen molar-refractivity contribution in [2.75, 3.05) is 33.9 Å². The van der Waals surface area contributed by atoms with Crippen LogP contribution in [0.5, 0.6) is 5.75 Å². The van der Waals surface area contributed by atoms with E-state index < -0.39 is 0 Å². The van der Waals surface area contributed by atoms with Gasteiger partial charge >= 0.3 is 0 Å². The Balaban J connectivity index is 0.000000641. The molecule has 9 rings (SSSR count). The Morgan fingerprint density at radius 3 is 1.88 bits per heavy atom. The van der Waals surface area contributed by atoms with Crippen LogP contribution in [-0.4, -0.2) is 97.2 Å². The second-order valence-corrected chi connectivity index (χ2v) is 24.7. The second kappa shape index (κ2) is 49.0. The maximum atomic E-state index is 13.1. The first-order valence-corrected chi connectivity index (χ1v) is 36.4. The van der Waals surface area contributed by atoms with Crippen LogP contribution >= 0.6 is 11.6 Å². The highest BCUT2D eigenvalue weighted by Crippen LogP contribution is 2.48. The lowest BCUT2D eigenvalue weighted by molar-refractivity contribution is -0.137. The Morgan fingerprint density at radius 1 is 0.781 bits per heavy atom. The van der Waals surface area contributed by atoms with E-state index in [-0.39, 0.29) is 48.6 Å². The summed E-state index contributed by atoms with van der Waals surface area (Å²) in [5.74, 6) is 0.835. The molecule has 2 aliphatic heterocycles. The molecule has 1 saturated heterocycles. The van der Waals surface area contributed by atoms with Gasteiger partial charge < -0.3 is 33.3 Å². The molecule has 3 fully saturated rings. The molecule has 1 atom stereocenters. The van der Waals surface area contributed by atoms with Crippen molar-refractivity contribution in [1.29, 1.82) is 0 Å². The number of hydrogen-bond donors (Lipinski definition) is 1. The van der Waals surface area contributed by atoms with E-state index in [1.54, 1.807) is 40.2 Å². The summed E-state index contributed by atoms with van der Waals surface area (Å²) in [5, 5.41) is 6.66. The first-order chi connectivity index (χ1) is 46.2. The van der Waals surface area contributed by atoms with Gasteiger partial charge in [-0.1, -0.05) is 181 Å². The topological polar surface area (TPSA) is 146 Å². The largest absolute Gasteiger partial charge is 0.483 e. The Morgan fingerprint density at radius 2 is 1.40 bits per heavy atom. The number of nitrogens with zero attached hydrogens (tertiary/aromatic N) is 3. The number of allylic oxidation sites excluding steroid dienone is 5. The van der Waals surface area contributed by atoms with Crippen molar-refractivity contribution in [3.05, 3.63) is 134 Å². The number of ether oxygens (including phenoxy) is 4. The second-order valence-electron chi connectivity index (χ2n) is 24.3. The number of carbonyl (C=O) groups is 5. The SMILES string of the molecule is CC.CC.CC(C)OC=O.CC/C=C(/C)C(=C(C)C)c1c(Cl)ccc2c(CCCC)c(C=O)n(CCC)c12.CCC.CCC.CCCN(CCC)C(=O)COc1cccc2c1CN(C1CCC(=O)NC1=O)C2=C1CC1.COC(C)OC.Fc1ccc2c(C3CCC3)cccc2c1. The van der Waals surface area contributed by atoms with Crippen LogP contribution in [0.25, 0.3) is 32.9 Å². The molecule has 2 saturated carbocycles. The quantitative estimate of drug-likeness (QED) is 0.0308. The Hall–Kier alpha value is -6.61. The number of piperidine rings is 1. The summed E-state index contributed by atoms with van der Waals surface area (Å²) < 4.78 is 35.0. The van der Waals surface area contributed by atoms with Crippen molar-refractivity contribution in [3.63, 3.8) is 0 Å². The molecule has 3 amide bonds. The summed E-state index contributed by atoms with van der Waals surface area (Å²) in [6.07, 6.45) is 19.5. The summed E-state index contributed by atoms with van der Waals surface area (Å²) in [7, 11) is 3.21. The van der Waals surface area contributed by atoms with E-state index in [0.29, 0.717) is 37.5 Å². The number of amides is 3. The predicted octanol–water partition coefficient (Wildman–Crippen LogP) is 21.2. The highest BCUT2D eigenvalue weighted by molar-refractivity contribution is 6.34. The Bertz CT molecular complexity index is 3210. The molecule has 0 radical (unpaired) electrons. The van der Waals surface area contributed by atoms with Crippen molar-refractivity contribution in [1.82, 2.24) is 19.7 Å². The minimum absolute atomic E-state index is 0.00194. The van der Waals surface area contributed by atoms with E-state index in [4.69, 9.17) is 16.3 Å². The van der Waals surface area contributed by atoms with Gasteiger partial charge in [0, 0.05) is 74.6 Å². The van der Waals surface area contributed by atoms with Crippen LogP contribution in [0.1, 0.15) is 272 Å². The van der Waals surface area contributed by atoms with Crippen LogP contribution in [0.15, 0.2) is 89.5 Å². The predicted molar refractivity (Wildman–Crippen MR) is 401 cm³/mol. The minimum Gasteiger partial charge on any atom is -0.483 e. The van der Waals surface area contributed by atoms with E-state index in [1.807, 2.05) is 75.9 Å². The van der Waals surface area contributed by atoms with Crippen LogP contribution in [0.2, 0.25) is 5.02 Å². The highest BCUT2D eigenvalue weighted by Gasteiger charge is 2.41. The maximum absolute atomic E-state index is 13.1. The number of carbonyl (C=O) groups excluding carboxylic acids is 5. The average molecular weight is 1350 g/mol. The molecule has 536 valence electrons. The third-order valence-electron chi connectivity index (χ3n) is 15.8. The lowest BCUT2D eigenvalue weighted by atomic mass is 9.78. The van der Waals surface area contributed by atoms with Gasteiger partial charge in [-0.2, -0.15) is 0 Å². The summed E-state index contributed by atoms with van der Waals surface area (Å²) in [5.41, 5.74) is 13.8. The number of aromatic nitrogens is 1. The van der Waals surface area contributed by atoms with Crippen LogP contribution in [0.4, 0.5) is 4.39 Å². The van der Waals surface area contributed by atoms with Crippen molar-refractivity contribution in [2.45, 2.75) is 272 Å². The van der Waals surface area contributed by atoms with Crippen LogP contribution in [0, 0.1) is 5.82 Å². The summed E-state index contributed by atoms with van der Waals surface area (Å²) in [6, 6.07) is 21.0. The zero-order valence-corrected chi connectivity index (χ0v) is 63.8. The van der Waals surface area contributed by atoms with Crippen molar-refractivity contribution in [3.8, 4) is 5.75 Å². The van der Waals surface area contributed by atoms with E-state index in [1.165, 1.54) is 76.3 Å². The third-order valence-corrected chi connectivity index (χ3v) is 16.2. The monoisotopic (exact) mass is 1350 g/mol. The van der Waals surface area contributed by atoms with Gasteiger partial charge in [-0.3, -0.25) is 29.3 Å². The zero-order valence-electron chi connectivity index (χ0n) is 63.0. The van der Waals surface area contributed by atoms with E-state index in [2.05, 4.69) is 136 Å². The molecule has 15 heteroatoms. The first-order valence-electron chi connectivity index (χ1n) is 36.0. The smallest absolute Gasteiger partial charge is 0.293 e. The molecular formula is C81H124ClFN4O9. The number of imide groups is 1. The number of benzene rings is 4. The van der Waals surface area contributed by atoms with Crippen LogP contribution in [0.3, 0.4) is 0 Å². The number of fused-ring (bicyclic) bond motifs is 3. The molecule has 4 aliphatic rings. The molecule has 5 aromatic rings. The number of rotatable bonds is 22. The van der Waals surface area contributed by atoms with E-state index in [0.717, 1.165) is 128 Å². The number of aryl methyl sites for hydroxylation is 2. The normalized spacial score (nSPS) is 14.2. The van der Waals surface area contributed by atoms with Gasteiger partial charge in [0.05, 0.1) is 22.3 Å². The molecule has 96 heavy (non-hydrogen) atoms. The van der Waals surface area contributed by atoms with Gasteiger partial charge in [-0.05, 0) is 181 Å². The molecule has 3 heterocycles. The number of aldehydes is 1. The zero-order chi connectivity index (χ0) is 72.5. The molecule has 4 aromatic carbocycles. The van der Waals surface area contributed by atoms with Crippen molar-refractivity contribution < 1.29 is 47.3 Å². The average Bonchev–Trinajstić information content (AvgIpc) is 1.58. The highest BCUT2D eigenvalue weighted by atomic mass is 35.5. The van der Waals surface area contributed by atoms with E-state index >= 15 is 0 Å². The van der Waals surface area contributed by atoms with Crippen LogP contribution < -0.4 is 10.1 Å². The Kier molecular flexibility index (Phi) is 44.6. The molecule has 13 nitrogen and oxygen atoms in total. The van der Waals surface area contributed by atoms with Gasteiger partial charge in [-0.15, -0.1) is 0 Å². The molecule has 1 unspecified atom stereocenters. The van der Waals surface area contributed by atoms with Crippen molar-refractivity contribution >= 4 is 75.0 Å². The number of hydrogen-bond acceptors (Lipinski definition) is 10.